The highest BCUT2D eigenvalue weighted by molar-refractivity contribution is 6.29. The van der Waals surface area contributed by atoms with Crippen molar-refractivity contribution in [3.05, 3.63) is 53.0 Å². The smallest absolute Gasteiger partial charge is 0.255 e. The Balaban J connectivity index is 1.99. The van der Waals surface area contributed by atoms with Gasteiger partial charge in [0.05, 0.1) is 5.56 Å². The minimum absolute atomic E-state index is 0.175. The van der Waals surface area contributed by atoms with Crippen molar-refractivity contribution in [3.8, 4) is 11.5 Å². The van der Waals surface area contributed by atoms with Gasteiger partial charge in [0.1, 0.15) is 28.0 Å². The normalized spacial score (nSPS) is 10.7. The number of benzene rings is 1. The highest BCUT2D eigenvalue weighted by Gasteiger charge is 2.17. The van der Waals surface area contributed by atoms with E-state index in [0.717, 1.165) is 5.39 Å². The maximum Gasteiger partial charge on any atom is 0.255 e. The molecular formula is C16H13ClN2O3. The Bertz CT molecular complexity index is 858. The van der Waals surface area contributed by atoms with E-state index in [4.69, 9.17) is 20.8 Å². The van der Waals surface area contributed by atoms with Crippen LogP contribution < -0.4 is 10.1 Å². The number of halogens is 1. The summed E-state index contributed by atoms with van der Waals surface area (Å²) in [5, 5.41) is 3.71. The molecule has 2 heterocycles. The molecule has 0 aliphatic heterocycles. The van der Waals surface area contributed by atoms with Crippen molar-refractivity contribution >= 4 is 28.5 Å². The monoisotopic (exact) mass is 316 g/mol. The molecule has 3 rings (SSSR count). The molecule has 112 valence electrons. The lowest BCUT2D eigenvalue weighted by Crippen LogP contribution is -2.18. The molecule has 1 aromatic carbocycles. The number of nitrogens with one attached hydrogen (secondary N) is 1. The van der Waals surface area contributed by atoms with Crippen LogP contribution in [0.2, 0.25) is 5.15 Å². The Morgan fingerprint density at radius 3 is 2.77 bits per heavy atom. The highest BCUT2D eigenvalue weighted by atomic mass is 35.5. The number of ether oxygens (including phenoxy) is 1. The summed E-state index contributed by atoms with van der Waals surface area (Å²) < 4.78 is 11.4. The van der Waals surface area contributed by atoms with Crippen molar-refractivity contribution in [1.29, 1.82) is 0 Å². The summed E-state index contributed by atoms with van der Waals surface area (Å²) in [6.07, 6.45) is 1.57. The van der Waals surface area contributed by atoms with Crippen molar-refractivity contribution in [2.75, 3.05) is 7.05 Å². The zero-order valence-corrected chi connectivity index (χ0v) is 12.8. The third-order valence-corrected chi connectivity index (χ3v) is 3.43. The summed E-state index contributed by atoms with van der Waals surface area (Å²) in [7, 11) is 1.59. The SMILES string of the molecule is CNC(=O)c1c(C)oc2cc(Oc3ccnc(Cl)c3)ccc12. The second kappa shape index (κ2) is 5.69. The molecule has 0 aliphatic carbocycles. The number of furan rings is 1. The molecule has 6 heteroatoms. The summed E-state index contributed by atoms with van der Waals surface area (Å²) in [4.78, 5) is 15.8. The Hall–Kier alpha value is -2.53. The standard InChI is InChI=1S/C16H13ClN2O3/c1-9-15(16(20)18-2)12-4-3-10(7-13(12)21-9)22-11-5-6-19-14(17)8-11/h3-8H,1-2H3,(H,18,20). The number of fused-ring (bicyclic) bond motifs is 1. The second-order valence-corrected chi connectivity index (χ2v) is 5.07. The molecule has 0 unspecified atom stereocenters. The number of pyridine rings is 1. The first-order chi connectivity index (χ1) is 10.6. The third kappa shape index (κ3) is 2.63. The van der Waals surface area contributed by atoms with Gasteiger partial charge in [-0.1, -0.05) is 11.6 Å². The lowest BCUT2D eigenvalue weighted by molar-refractivity contribution is 0.0963. The quantitative estimate of drug-likeness (QED) is 0.743. The van der Waals surface area contributed by atoms with Gasteiger partial charge in [0.25, 0.3) is 5.91 Å². The van der Waals surface area contributed by atoms with Crippen LogP contribution in [0.1, 0.15) is 16.1 Å². The predicted octanol–water partition coefficient (Wildman–Crippen LogP) is 3.94. The average molecular weight is 317 g/mol. The molecule has 5 nitrogen and oxygen atoms in total. The van der Waals surface area contributed by atoms with E-state index in [0.29, 0.717) is 33.6 Å². The van der Waals surface area contributed by atoms with E-state index in [9.17, 15) is 4.79 Å². The molecule has 22 heavy (non-hydrogen) atoms. The van der Waals surface area contributed by atoms with E-state index in [1.54, 1.807) is 50.5 Å². The van der Waals surface area contributed by atoms with Gasteiger partial charge in [-0.05, 0) is 25.1 Å². The largest absolute Gasteiger partial charge is 0.460 e. The minimum Gasteiger partial charge on any atom is -0.460 e. The van der Waals surface area contributed by atoms with Crippen molar-refractivity contribution in [3.63, 3.8) is 0 Å². The van der Waals surface area contributed by atoms with Crippen LogP contribution in [0.25, 0.3) is 11.0 Å². The van der Waals surface area contributed by atoms with Crippen LogP contribution in [0.4, 0.5) is 0 Å². The predicted molar refractivity (Wildman–Crippen MR) is 83.7 cm³/mol. The van der Waals surface area contributed by atoms with Gasteiger partial charge in [0.2, 0.25) is 0 Å². The fraction of sp³-hybridized carbons (Fsp3) is 0.125. The van der Waals surface area contributed by atoms with Gasteiger partial charge in [-0.3, -0.25) is 4.79 Å². The number of amides is 1. The van der Waals surface area contributed by atoms with Gasteiger partial charge >= 0.3 is 0 Å². The van der Waals surface area contributed by atoms with Crippen molar-refractivity contribution in [1.82, 2.24) is 10.3 Å². The van der Waals surface area contributed by atoms with Crippen molar-refractivity contribution < 1.29 is 13.9 Å². The summed E-state index contributed by atoms with van der Waals surface area (Å²) in [6, 6.07) is 8.64. The molecule has 0 spiro atoms. The first-order valence-electron chi connectivity index (χ1n) is 6.63. The molecule has 0 fully saturated rings. The zero-order valence-electron chi connectivity index (χ0n) is 12.0. The van der Waals surface area contributed by atoms with Gasteiger partial charge in [0, 0.05) is 30.8 Å². The molecule has 1 N–H and O–H groups in total. The van der Waals surface area contributed by atoms with E-state index in [-0.39, 0.29) is 5.91 Å². The molecule has 0 saturated carbocycles. The number of aryl methyl sites for hydroxylation is 1. The lowest BCUT2D eigenvalue weighted by Gasteiger charge is -2.05. The molecule has 0 radical (unpaired) electrons. The van der Waals surface area contributed by atoms with Gasteiger partial charge < -0.3 is 14.5 Å². The Kier molecular flexibility index (Phi) is 3.73. The summed E-state index contributed by atoms with van der Waals surface area (Å²) in [5.41, 5.74) is 1.13. The summed E-state index contributed by atoms with van der Waals surface area (Å²) >= 11 is 5.83. The van der Waals surface area contributed by atoms with E-state index in [1.165, 1.54) is 0 Å². The fourth-order valence-corrected chi connectivity index (χ4v) is 2.42. The molecule has 0 saturated heterocycles. The molecule has 1 amide bonds. The summed E-state index contributed by atoms with van der Waals surface area (Å²) in [6.45, 7) is 1.76. The van der Waals surface area contributed by atoms with Crippen molar-refractivity contribution in [2.45, 2.75) is 6.92 Å². The molecule has 3 aromatic rings. The minimum atomic E-state index is -0.175. The number of hydrogen-bond acceptors (Lipinski definition) is 4. The van der Waals surface area contributed by atoms with Gasteiger partial charge in [-0.2, -0.15) is 0 Å². The van der Waals surface area contributed by atoms with E-state index >= 15 is 0 Å². The lowest BCUT2D eigenvalue weighted by atomic mass is 10.1. The Labute approximate surface area is 131 Å². The molecule has 2 aromatic heterocycles. The highest BCUT2D eigenvalue weighted by Crippen LogP contribution is 2.31. The second-order valence-electron chi connectivity index (χ2n) is 4.69. The Morgan fingerprint density at radius 1 is 1.27 bits per heavy atom. The van der Waals surface area contributed by atoms with Crippen LogP contribution in [0, 0.1) is 6.92 Å². The maximum atomic E-state index is 11.9. The van der Waals surface area contributed by atoms with Crippen LogP contribution in [0.3, 0.4) is 0 Å². The number of carbonyl (C=O) groups is 1. The molecule has 0 bridgehead atoms. The van der Waals surface area contributed by atoms with E-state index in [1.807, 2.05) is 0 Å². The van der Waals surface area contributed by atoms with Gasteiger partial charge in [-0.25, -0.2) is 4.98 Å². The van der Waals surface area contributed by atoms with Crippen LogP contribution >= 0.6 is 11.6 Å². The van der Waals surface area contributed by atoms with Gasteiger partial charge in [0.15, 0.2) is 0 Å². The fourth-order valence-electron chi connectivity index (χ4n) is 2.25. The first kappa shape index (κ1) is 14.4. The number of rotatable bonds is 3. The Morgan fingerprint density at radius 2 is 2.05 bits per heavy atom. The van der Waals surface area contributed by atoms with Crippen LogP contribution in [-0.2, 0) is 0 Å². The van der Waals surface area contributed by atoms with E-state index < -0.39 is 0 Å². The van der Waals surface area contributed by atoms with Gasteiger partial charge in [-0.15, -0.1) is 0 Å². The number of nitrogens with zero attached hydrogens (tertiary/aromatic N) is 1. The molecular weight excluding hydrogens is 304 g/mol. The van der Waals surface area contributed by atoms with Crippen LogP contribution in [0.15, 0.2) is 40.9 Å². The third-order valence-electron chi connectivity index (χ3n) is 3.23. The molecule has 0 aliphatic rings. The first-order valence-corrected chi connectivity index (χ1v) is 7.01. The molecule has 0 atom stereocenters. The maximum absolute atomic E-state index is 11.9. The van der Waals surface area contributed by atoms with Crippen LogP contribution in [-0.4, -0.2) is 17.9 Å². The zero-order chi connectivity index (χ0) is 15.7. The number of carbonyl (C=O) groups excluding carboxylic acids is 1. The topological polar surface area (TPSA) is 64.4 Å². The average Bonchev–Trinajstić information content (AvgIpc) is 2.81. The summed E-state index contributed by atoms with van der Waals surface area (Å²) in [5.74, 6) is 1.56. The number of aromatic nitrogens is 1. The van der Waals surface area contributed by atoms with E-state index in [2.05, 4.69) is 10.3 Å². The number of hydrogen-bond donors (Lipinski definition) is 1. The van der Waals surface area contributed by atoms with Crippen molar-refractivity contribution in [2.24, 2.45) is 0 Å². The van der Waals surface area contributed by atoms with Crippen LogP contribution in [0.5, 0.6) is 11.5 Å².